The van der Waals surface area contributed by atoms with E-state index in [9.17, 15) is 5.11 Å². The van der Waals surface area contributed by atoms with E-state index in [0.29, 0.717) is 12.5 Å². The summed E-state index contributed by atoms with van der Waals surface area (Å²) in [5.74, 6) is 3.37. The van der Waals surface area contributed by atoms with Crippen LogP contribution < -0.4 is 5.32 Å². The van der Waals surface area contributed by atoms with Crippen molar-refractivity contribution < 1.29 is 9.84 Å². The van der Waals surface area contributed by atoms with Gasteiger partial charge in [-0.1, -0.05) is 0 Å². The van der Waals surface area contributed by atoms with Crippen molar-refractivity contribution >= 4 is 41.7 Å². The zero-order chi connectivity index (χ0) is 13.7. The van der Waals surface area contributed by atoms with Crippen molar-refractivity contribution in [2.75, 3.05) is 51.9 Å². The Morgan fingerprint density at radius 1 is 1.60 bits per heavy atom. The lowest BCUT2D eigenvalue weighted by Gasteiger charge is -2.27. The third kappa shape index (κ3) is 4.92. The van der Waals surface area contributed by atoms with Gasteiger partial charge in [-0.3, -0.25) is 4.99 Å². The van der Waals surface area contributed by atoms with Crippen molar-refractivity contribution in [2.24, 2.45) is 10.9 Å². The van der Waals surface area contributed by atoms with E-state index in [1.807, 2.05) is 11.8 Å². The van der Waals surface area contributed by atoms with Crippen molar-refractivity contribution in [3.8, 4) is 0 Å². The van der Waals surface area contributed by atoms with Gasteiger partial charge in [0.2, 0.25) is 0 Å². The van der Waals surface area contributed by atoms with E-state index >= 15 is 0 Å². The summed E-state index contributed by atoms with van der Waals surface area (Å²) in [6.07, 6.45) is 2.02. The quantitative estimate of drug-likeness (QED) is 0.408. The minimum atomic E-state index is -0.563. The Hall–Kier alpha value is 0.270. The summed E-state index contributed by atoms with van der Waals surface area (Å²) in [5.41, 5.74) is -0.563. The molecule has 0 radical (unpaired) electrons. The van der Waals surface area contributed by atoms with Crippen LogP contribution in [0.5, 0.6) is 0 Å². The molecule has 2 fully saturated rings. The number of thioether (sulfide) groups is 1. The molecule has 0 saturated carbocycles. The van der Waals surface area contributed by atoms with Crippen molar-refractivity contribution in [3.63, 3.8) is 0 Å². The summed E-state index contributed by atoms with van der Waals surface area (Å²) in [5, 5.41) is 13.7. The molecule has 2 aliphatic rings. The molecule has 2 rings (SSSR count). The predicted octanol–water partition coefficient (Wildman–Crippen LogP) is 1.02. The second-order valence-electron chi connectivity index (χ2n) is 5.48. The largest absolute Gasteiger partial charge is 0.387 e. The van der Waals surface area contributed by atoms with Crippen LogP contribution in [0.25, 0.3) is 0 Å². The van der Waals surface area contributed by atoms with Crippen LogP contribution in [0.4, 0.5) is 0 Å². The van der Waals surface area contributed by atoms with Gasteiger partial charge < -0.3 is 20.1 Å². The van der Waals surface area contributed by atoms with Gasteiger partial charge in [0.25, 0.3) is 0 Å². The minimum absolute atomic E-state index is 0. The summed E-state index contributed by atoms with van der Waals surface area (Å²) in [4.78, 5) is 6.59. The number of methoxy groups -OCH3 is 1. The Balaban J connectivity index is 0.00000200. The molecular weight excluding hydrogens is 389 g/mol. The topological polar surface area (TPSA) is 57.1 Å². The molecule has 5 nitrogen and oxygen atoms in total. The van der Waals surface area contributed by atoms with Crippen LogP contribution in [-0.4, -0.2) is 73.5 Å². The molecule has 2 aliphatic heterocycles. The first-order valence-corrected chi connectivity index (χ1v) is 8.07. The van der Waals surface area contributed by atoms with E-state index < -0.39 is 5.60 Å². The van der Waals surface area contributed by atoms with E-state index in [2.05, 4.69) is 15.2 Å². The zero-order valence-corrected chi connectivity index (χ0v) is 15.4. The third-order valence-corrected chi connectivity index (χ3v) is 5.09. The molecule has 0 amide bonds. The van der Waals surface area contributed by atoms with Gasteiger partial charge in [0, 0.05) is 45.5 Å². The van der Waals surface area contributed by atoms with Gasteiger partial charge in [-0.05, 0) is 18.6 Å². The van der Waals surface area contributed by atoms with Gasteiger partial charge in [-0.2, -0.15) is 11.8 Å². The van der Waals surface area contributed by atoms with Crippen LogP contribution in [0.1, 0.15) is 12.8 Å². The Kier molecular flexibility index (Phi) is 7.92. The Labute approximate surface area is 142 Å². The highest BCUT2D eigenvalue weighted by Crippen LogP contribution is 2.27. The maximum absolute atomic E-state index is 10.3. The average molecular weight is 415 g/mol. The monoisotopic (exact) mass is 415 g/mol. The van der Waals surface area contributed by atoms with Gasteiger partial charge in [-0.15, -0.1) is 24.0 Å². The standard InChI is InChI=1S/C13H25N3O2S.HI/c1-14-12(15-9-13(17)4-6-19-10-13)16-5-3-11(7-16)8-18-2;/h11,17H,3-10H2,1-2H3,(H,14,15);1H. The Bertz CT molecular complexity index is 325. The number of guanidine groups is 1. The number of likely N-dealkylation sites (tertiary alicyclic amines) is 1. The Morgan fingerprint density at radius 2 is 2.40 bits per heavy atom. The van der Waals surface area contributed by atoms with Crippen molar-refractivity contribution in [3.05, 3.63) is 0 Å². The van der Waals surface area contributed by atoms with Crippen LogP contribution in [0, 0.1) is 5.92 Å². The molecule has 2 unspecified atom stereocenters. The number of rotatable bonds is 4. The molecule has 0 aromatic carbocycles. The number of hydrogen-bond donors (Lipinski definition) is 2. The molecule has 2 atom stereocenters. The number of nitrogens with one attached hydrogen (secondary N) is 1. The SMILES string of the molecule is CN=C(NCC1(O)CCSC1)N1CCC(COC)C1.I. The average Bonchev–Trinajstić information content (AvgIpc) is 3.01. The number of ether oxygens (including phenoxy) is 1. The molecule has 0 aromatic heterocycles. The van der Waals surface area contributed by atoms with Gasteiger partial charge in [0.05, 0.1) is 12.2 Å². The molecule has 118 valence electrons. The van der Waals surface area contributed by atoms with E-state index in [4.69, 9.17) is 4.74 Å². The van der Waals surface area contributed by atoms with Crippen LogP contribution in [0.3, 0.4) is 0 Å². The minimum Gasteiger partial charge on any atom is -0.387 e. The summed E-state index contributed by atoms with van der Waals surface area (Å²) in [7, 11) is 3.56. The lowest BCUT2D eigenvalue weighted by atomic mass is 10.0. The first-order valence-electron chi connectivity index (χ1n) is 6.91. The van der Waals surface area contributed by atoms with Gasteiger partial charge in [0.1, 0.15) is 0 Å². The second kappa shape index (κ2) is 8.65. The molecule has 2 saturated heterocycles. The fourth-order valence-electron chi connectivity index (χ4n) is 2.71. The zero-order valence-electron chi connectivity index (χ0n) is 12.3. The van der Waals surface area contributed by atoms with E-state index in [1.165, 1.54) is 0 Å². The molecule has 0 aromatic rings. The highest BCUT2D eigenvalue weighted by Gasteiger charge is 2.33. The molecule has 2 N–H and O–H groups in total. The van der Waals surface area contributed by atoms with Crippen molar-refractivity contribution in [2.45, 2.75) is 18.4 Å². The lowest BCUT2D eigenvalue weighted by molar-refractivity contribution is 0.0718. The fraction of sp³-hybridized carbons (Fsp3) is 0.923. The van der Waals surface area contributed by atoms with Gasteiger partial charge in [0.15, 0.2) is 5.96 Å². The van der Waals surface area contributed by atoms with Crippen LogP contribution in [0.2, 0.25) is 0 Å². The molecule has 0 bridgehead atoms. The van der Waals surface area contributed by atoms with E-state index in [0.717, 1.165) is 50.0 Å². The second-order valence-corrected chi connectivity index (χ2v) is 6.59. The first kappa shape index (κ1) is 18.3. The molecule has 0 aliphatic carbocycles. The smallest absolute Gasteiger partial charge is 0.193 e. The van der Waals surface area contributed by atoms with Crippen LogP contribution >= 0.6 is 35.7 Å². The van der Waals surface area contributed by atoms with Gasteiger partial charge >= 0.3 is 0 Å². The molecular formula is C13H26IN3O2S. The van der Waals surface area contributed by atoms with Crippen molar-refractivity contribution in [1.82, 2.24) is 10.2 Å². The van der Waals surface area contributed by atoms with Crippen LogP contribution in [0.15, 0.2) is 4.99 Å². The summed E-state index contributed by atoms with van der Waals surface area (Å²) in [6.45, 7) is 3.41. The number of aliphatic imine (C=N–C) groups is 1. The highest BCUT2D eigenvalue weighted by molar-refractivity contribution is 14.0. The summed E-state index contributed by atoms with van der Waals surface area (Å²) >= 11 is 1.82. The van der Waals surface area contributed by atoms with Gasteiger partial charge in [-0.25, -0.2) is 0 Å². The molecule has 2 heterocycles. The predicted molar refractivity (Wildman–Crippen MR) is 95.2 cm³/mol. The normalized spacial score (nSPS) is 30.4. The highest BCUT2D eigenvalue weighted by atomic mass is 127. The number of aliphatic hydroxyl groups is 1. The number of halogens is 1. The van der Waals surface area contributed by atoms with Crippen LogP contribution in [-0.2, 0) is 4.74 Å². The maximum atomic E-state index is 10.3. The van der Waals surface area contributed by atoms with Crippen molar-refractivity contribution in [1.29, 1.82) is 0 Å². The number of nitrogens with zero attached hydrogens (tertiary/aromatic N) is 2. The summed E-state index contributed by atoms with van der Waals surface area (Å²) < 4.78 is 5.22. The van der Waals surface area contributed by atoms with E-state index in [-0.39, 0.29) is 24.0 Å². The molecule has 20 heavy (non-hydrogen) atoms. The third-order valence-electron chi connectivity index (χ3n) is 3.86. The summed E-state index contributed by atoms with van der Waals surface area (Å²) in [6, 6.07) is 0. The number of hydrogen-bond acceptors (Lipinski definition) is 4. The fourth-order valence-corrected chi connectivity index (χ4v) is 4.00. The Morgan fingerprint density at radius 3 is 3.00 bits per heavy atom. The lowest BCUT2D eigenvalue weighted by Crippen LogP contribution is -2.48. The van der Waals surface area contributed by atoms with E-state index in [1.54, 1.807) is 14.2 Å². The molecule has 0 spiro atoms. The molecule has 7 heteroatoms. The first-order chi connectivity index (χ1) is 9.17. The maximum Gasteiger partial charge on any atom is 0.193 e.